The lowest BCUT2D eigenvalue weighted by Crippen LogP contribution is -2.32. The second kappa shape index (κ2) is 8.43. The van der Waals surface area contributed by atoms with Crippen molar-refractivity contribution in [1.29, 1.82) is 0 Å². The van der Waals surface area contributed by atoms with Crippen molar-refractivity contribution in [2.24, 2.45) is 0 Å². The zero-order chi connectivity index (χ0) is 17.8. The van der Waals surface area contributed by atoms with Gasteiger partial charge >= 0.3 is 0 Å². The summed E-state index contributed by atoms with van der Waals surface area (Å²) in [7, 11) is 0. The molecule has 0 aliphatic rings. The number of H-pyrrole nitrogens is 1. The number of aromatic amines is 1. The molecule has 3 aromatic carbocycles. The smallest absolute Gasteiger partial charge is 0.125 e. The van der Waals surface area contributed by atoms with Gasteiger partial charge in [0, 0.05) is 11.9 Å². The molecule has 0 spiro atoms. The van der Waals surface area contributed by atoms with Gasteiger partial charge in [-0.2, -0.15) is 0 Å². The second-order valence-electron chi connectivity index (χ2n) is 6.24. The number of rotatable bonds is 5. The monoisotopic (exact) mass is 394 g/mol. The summed E-state index contributed by atoms with van der Waals surface area (Å²) < 4.78 is 0. The van der Waals surface area contributed by atoms with E-state index in [1.807, 2.05) is 24.4 Å². The van der Waals surface area contributed by atoms with Gasteiger partial charge in [-0.15, -0.1) is 24.0 Å². The van der Waals surface area contributed by atoms with E-state index in [0.29, 0.717) is 5.88 Å². The van der Waals surface area contributed by atoms with Gasteiger partial charge in [-0.3, -0.25) is 0 Å². The minimum atomic E-state index is -0.534. The molecule has 1 N–H and O–H groups in total. The Morgan fingerprint density at radius 1 is 0.704 bits per heavy atom. The minimum absolute atomic E-state index is 0. The zero-order valence-electron chi connectivity index (χ0n) is 14.7. The van der Waals surface area contributed by atoms with Crippen LogP contribution in [0.2, 0.25) is 0 Å². The predicted molar refractivity (Wildman–Crippen MR) is 114 cm³/mol. The van der Waals surface area contributed by atoms with Crippen molar-refractivity contribution in [3.8, 4) is 0 Å². The number of nitrogens with zero attached hydrogens (tertiary/aromatic N) is 1. The van der Waals surface area contributed by atoms with Crippen LogP contribution < -0.4 is 0 Å². The highest BCUT2D eigenvalue weighted by atomic mass is 35.5. The van der Waals surface area contributed by atoms with Gasteiger partial charge in [-0.25, -0.2) is 4.98 Å². The molecule has 0 amide bonds. The maximum absolute atomic E-state index is 6.06. The molecule has 136 valence electrons. The highest BCUT2D eigenvalue weighted by Crippen LogP contribution is 2.43. The number of halogens is 2. The Balaban J connectivity index is 0.00000210. The summed E-state index contributed by atoms with van der Waals surface area (Å²) in [5.74, 6) is 1.28. The van der Waals surface area contributed by atoms with Gasteiger partial charge in [-0.05, 0) is 16.7 Å². The van der Waals surface area contributed by atoms with Crippen LogP contribution in [0.5, 0.6) is 0 Å². The molecular weight excluding hydrogens is 375 g/mol. The number of hydrogen-bond acceptors (Lipinski definition) is 1. The van der Waals surface area contributed by atoms with Crippen LogP contribution in [0.25, 0.3) is 0 Å². The topological polar surface area (TPSA) is 28.7 Å². The fraction of sp³-hybridized carbons (Fsp3) is 0.0870. The molecule has 0 aliphatic heterocycles. The molecule has 0 atom stereocenters. The molecule has 0 radical (unpaired) electrons. The molecular formula is C23H20Cl2N2. The molecule has 0 saturated heterocycles. The lowest BCUT2D eigenvalue weighted by Gasteiger charge is -2.34. The zero-order valence-corrected chi connectivity index (χ0v) is 16.3. The molecule has 2 nitrogen and oxygen atoms in total. The van der Waals surface area contributed by atoms with Crippen molar-refractivity contribution < 1.29 is 0 Å². The number of imidazole rings is 1. The molecule has 0 aliphatic carbocycles. The van der Waals surface area contributed by atoms with E-state index in [1.165, 1.54) is 0 Å². The summed E-state index contributed by atoms with van der Waals surface area (Å²) in [6, 6.07) is 31.5. The third kappa shape index (κ3) is 3.39. The van der Waals surface area contributed by atoms with E-state index in [0.717, 1.165) is 28.2 Å². The molecule has 0 unspecified atom stereocenters. The van der Waals surface area contributed by atoms with Crippen LogP contribution >= 0.6 is 24.0 Å². The lowest BCUT2D eigenvalue weighted by molar-refractivity contribution is 0.690. The molecule has 4 aromatic rings. The number of alkyl halides is 1. The van der Waals surface area contributed by atoms with Gasteiger partial charge in [0.2, 0.25) is 0 Å². The van der Waals surface area contributed by atoms with Crippen molar-refractivity contribution in [3.63, 3.8) is 0 Å². The molecule has 0 bridgehead atoms. The van der Waals surface area contributed by atoms with Crippen LogP contribution in [-0.4, -0.2) is 9.97 Å². The third-order valence-electron chi connectivity index (χ3n) is 4.75. The Kier molecular flexibility index (Phi) is 6.00. The highest BCUT2D eigenvalue weighted by Gasteiger charge is 2.40. The molecule has 1 heterocycles. The quantitative estimate of drug-likeness (QED) is 0.328. The summed E-state index contributed by atoms with van der Waals surface area (Å²) in [5.41, 5.74) is 3.86. The van der Waals surface area contributed by atoms with E-state index in [1.54, 1.807) is 0 Å². The van der Waals surface area contributed by atoms with Crippen LogP contribution in [0.15, 0.2) is 97.2 Å². The lowest BCUT2D eigenvalue weighted by atomic mass is 9.69. The van der Waals surface area contributed by atoms with Crippen LogP contribution in [0.1, 0.15) is 28.2 Å². The Labute approximate surface area is 170 Å². The van der Waals surface area contributed by atoms with Crippen molar-refractivity contribution >= 4 is 24.0 Å². The number of aromatic nitrogens is 2. The Bertz CT molecular complexity index is 870. The summed E-state index contributed by atoms with van der Waals surface area (Å²) in [6.45, 7) is 0. The summed E-state index contributed by atoms with van der Waals surface area (Å²) in [6.07, 6.45) is 1.83. The average Bonchev–Trinajstić information content (AvgIpc) is 3.21. The van der Waals surface area contributed by atoms with E-state index in [4.69, 9.17) is 16.6 Å². The molecule has 0 fully saturated rings. The highest BCUT2D eigenvalue weighted by molar-refractivity contribution is 6.16. The van der Waals surface area contributed by atoms with Gasteiger partial charge in [0.25, 0.3) is 0 Å². The number of nitrogens with one attached hydrogen (secondary N) is 1. The van der Waals surface area contributed by atoms with Gasteiger partial charge < -0.3 is 4.98 Å². The van der Waals surface area contributed by atoms with Gasteiger partial charge in [0.1, 0.15) is 11.2 Å². The first-order valence-electron chi connectivity index (χ1n) is 8.62. The van der Waals surface area contributed by atoms with Crippen LogP contribution in [0, 0.1) is 0 Å². The standard InChI is InChI=1S/C23H19ClN2.ClH/c24-16-21-17-25-22(26-21)23(18-10-4-1-5-11-18,19-12-6-2-7-13-19)20-14-8-3-9-15-20;/h1-15,17H,16H2,(H,25,26);1H. The van der Waals surface area contributed by atoms with Gasteiger partial charge in [0.15, 0.2) is 0 Å². The van der Waals surface area contributed by atoms with Gasteiger partial charge in [0.05, 0.1) is 5.88 Å². The van der Waals surface area contributed by atoms with Crippen LogP contribution in [0.4, 0.5) is 0 Å². The van der Waals surface area contributed by atoms with E-state index in [-0.39, 0.29) is 12.4 Å². The SMILES string of the molecule is Cl.ClCc1cnc(C(c2ccccc2)(c2ccccc2)c2ccccc2)[nH]1. The maximum atomic E-state index is 6.06. The average molecular weight is 395 g/mol. The van der Waals surface area contributed by atoms with E-state index >= 15 is 0 Å². The molecule has 0 saturated carbocycles. The van der Waals surface area contributed by atoms with E-state index in [9.17, 15) is 0 Å². The summed E-state index contributed by atoms with van der Waals surface area (Å²) in [5, 5.41) is 0. The van der Waals surface area contributed by atoms with Gasteiger partial charge in [-0.1, -0.05) is 91.0 Å². The first kappa shape index (κ1) is 19.2. The Morgan fingerprint density at radius 2 is 1.11 bits per heavy atom. The first-order chi connectivity index (χ1) is 12.9. The fourth-order valence-corrected chi connectivity index (χ4v) is 3.73. The van der Waals surface area contributed by atoms with Crippen molar-refractivity contribution in [2.75, 3.05) is 0 Å². The molecule has 1 aromatic heterocycles. The summed E-state index contributed by atoms with van der Waals surface area (Å²) >= 11 is 6.06. The predicted octanol–water partition coefficient (Wildman–Crippen LogP) is 5.95. The maximum Gasteiger partial charge on any atom is 0.125 e. The third-order valence-corrected chi connectivity index (χ3v) is 5.04. The fourth-order valence-electron chi connectivity index (χ4n) is 3.59. The van der Waals surface area contributed by atoms with Crippen molar-refractivity contribution in [2.45, 2.75) is 11.3 Å². The summed E-state index contributed by atoms with van der Waals surface area (Å²) in [4.78, 5) is 8.20. The van der Waals surface area contributed by atoms with Crippen LogP contribution in [-0.2, 0) is 11.3 Å². The second-order valence-corrected chi connectivity index (χ2v) is 6.51. The normalized spacial score (nSPS) is 11.0. The number of benzene rings is 3. The Morgan fingerprint density at radius 3 is 1.44 bits per heavy atom. The minimum Gasteiger partial charge on any atom is -0.344 e. The number of hydrogen-bond donors (Lipinski definition) is 1. The molecule has 4 heteroatoms. The Hall–Kier alpha value is -2.55. The van der Waals surface area contributed by atoms with E-state index in [2.05, 4.69) is 77.8 Å². The van der Waals surface area contributed by atoms with E-state index < -0.39 is 5.41 Å². The van der Waals surface area contributed by atoms with Crippen molar-refractivity contribution in [3.05, 3.63) is 125 Å². The largest absolute Gasteiger partial charge is 0.344 e. The first-order valence-corrected chi connectivity index (χ1v) is 9.16. The van der Waals surface area contributed by atoms with Crippen molar-refractivity contribution in [1.82, 2.24) is 9.97 Å². The molecule has 27 heavy (non-hydrogen) atoms. The molecule has 4 rings (SSSR count). The van der Waals surface area contributed by atoms with Crippen LogP contribution in [0.3, 0.4) is 0 Å².